The van der Waals surface area contributed by atoms with Gasteiger partial charge in [0.15, 0.2) is 0 Å². The maximum atomic E-state index is 12.5. The SMILES string of the molecule is N#CCc1c(CBr)ccnc1C(F)F. The smallest absolute Gasteiger partial charge is 0.255 e. The van der Waals surface area contributed by atoms with Crippen molar-refractivity contribution in [1.29, 1.82) is 5.26 Å². The molecule has 74 valence electrons. The standard InChI is InChI=1S/C9H7BrF2N2/c10-5-6-2-4-14-8(9(11)12)7(6)1-3-13/h2,4,9H,1,5H2. The van der Waals surface area contributed by atoms with Gasteiger partial charge in [0, 0.05) is 11.5 Å². The minimum absolute atomic E-state index is 0.0333. The zero-order valence-electron chi connectivity index (χ0n) is 7.17. The molecule has 1 heterocycles. The average Bonchev–Trinajstić information content (AvgIpc) is 2.18. The molecule has 0 unspecified atom stereocenters. The van der Waals surface area contributed by atoms with E-state index in [9.17, 15) is 8.78 Å². The molecule has 14 heavy (non-hydrogen) atoms. The van der Waals surface area contributed by atoms with Gasteiger partial charge in [0.25, 0.3) is 6.43 Å². The van der Waals surface area contributed by atoms with Gasteiger partial charge in [-0.15, -0.1) is 0 Å². The van der Waals surface area contributed by atoms with Gasteiger partial charge in [-0.05, 0) is 17.2 Å². The Balaban J connectivity index is 3.22. The number of hydrogen-bond acceptors (Lipinski definition) is 2. The molecule has 5 heteroatoms. The van der Waals surface area contributed by atoms with E-state index in [4.69, 9.17) is 5.26 Å². The second kappa shape index (κ2) is 5.01. The van der Waals surface area contributed by atoms with Crippen LogP contribution in [-0.2, 0) is 11.8 Å². The lowest BCUT2D eigenvalue weighted by atomic mass is 10.1. The molecule has 0 aliphatic rings. The summed E-state index contributed by atoms with van der Waals surface area (Å²) in [5, 5.41) is 8.96. The van der Waals surface area contributed by atoms with E-state index in [0.717, 1.165) is 0 Å². The molecule has 1 aromatic heterocycles. The molecule has 2 nitrogen and oxygen atoms in total. The lowest BCUT2D eigenvalue weighted by Crippen LogP contribution is -2.01. The van der Waals surface area contributed by atoms with Crippen molar-refractivity contribution in [3.8, 4) is 6.07 Å². The highest BCUT2D eigenvalue weighted by Gasteiger charge is 2.16. The molecule has 0 aromatic carbocycles. The van der Waals surface area contributed by atoms with E-state index in [1.807, 2.05) is 6.07 Å². The molecule has 0 radical (unpaired) electrons. The predicted octanol–water partition coefficient (Wildman–Crippen LogP) is 2.98. The summed E-state index contributed by atoms with van der Waals surface area (Å²) < 4.78 is 25.0. The van der Waals surface area contributed by atoms with Gasteiger partial charge in [-0.2, -0.15) is 5.26 Å². The number of nitrogens with zero attached hydrogens (tertiary/aromatic N) is 2. The molecule has 0 amide bonds. The van der Waals surface area contributed by atoms with E-state index in [1.165, 1.54) is 6.20 Å². The van der Waals surface area contributed by atoms with Crippen LogP contribution >= 0.6 is 15.9 Å². The van der Waals surface area contributed by atoms with E-state index in [-0.39, 0.29) is 12.1 Å². The fraction of sp³-hybridized carbons (Fsp3) is 0.333. The first-order valence-electron chi connectivity index (χ1n) is 3.88. The molecule has 0 N–H and O–H groups in total. The fourth-order valence-corrected chi connectivity index (χ4v) is 1.67. The maximum Gasteiger partial charge on any atom is 0.280 e. The molecule has 1 aromatic rings. The first-order chi connectivity index (χ1) is 6.70. The van der Waals surface area contributed by atoms with E-state index in [0.29, 0.717) is 16.5 Å². The second-order valence-electron chi connectivity index (χ2n) is 2.60. The summed E-state index contributed by atoms with van der Waals surface area (Å²) in [4.78, 5) is 3.58. The minimum atomic E-state index is -2.63. The van der Waals surface area contributed by atoms with E-state index in [1.54, 1.807) is 6.07 Å². The monoisotopic (exact) mass is 260 g/mol. The molecular formula is C9H7BrF2N2. The largest absolute Gasteiger partial charge is 0.280 e. The molecule has 0 aliphatic carbocycles. The van der Waals surface area contributed by atoms with Crippen LogP contribution < -0.4 is 0 Å². The Hall–Kier alpha value is -1.02. The van der Waals surface area contributed by atoms with E-state index < -0.39 is 6.43 Å². The second-order valence-corrected chi connectivity index (χ2v) is 3.16. The van der Waals surface area contributed by atoms with Crippen LogP contribution in [0.2, 0.25) is 0 Å². The van der Waals surface area contributed by atoms with Crippen molar-refractivity contribution in [2.75, 3.05) is 0 Å². The van der Waals surface area contributed by atoms with Crippen LogP contribution in [0.25, 0.3) is 0 Å². The van der Waals surface area contributed by atoms with Gasteiger partial charge in [0.2, 0.25) is 0 Å². The molecule has 0 bridgehead atoms. The molecular weight excluding hydrogens is 254 g/mol. The molecule has 0 aliphatic heterocycles. The van der Waals surface area contributed by atoms with Crippen molar-refractivity contribution in [3.05, 3.63) is 29.1 Å². The van der Waals surface area contributed by atoms with Gasteiger partial charge in [-0.1, -0.05) is 15.9 Å². The van der Waals surface area contributed by atoms with Crippen LogP contribution in [0.4, 0.5) is 8.78 Å². The van der Waals surface area contributed by atoms with E-state index in [2.05, 4.69) is 20.9 Å². The summed E-state index contributed by atoms with van der Waals surface area (Å²) in [6, 6.07) is 3.49. The Morgan fingerprint density at radius 3 is 2.79 bits per heavy atom. The van der Waals surface area contributed by atoms with Crippen molar-refractivity contribution >= 4 is 15.9 Å². The van der Waals surface area contributed by atoms with Crippen molar-refractivity contribution in [2.24, 2.45) is 0 Å². The van der Waals surface area contributed by atoms with Gasteiger partial charge >= 0.3 is 0 Å². The minimum Gasteiger partial charge on any atom is -0.255 e. The summed E-state index contributed by atoms with van der Waals surface area (Å²) >= 11 is 3.18. The first kappa shape index (κ1) is 11.1. The van der Waals surface area contributed by atoms with Crippen molar-refractivity contribution in [2.45, 2.75) is 18.2 Å². The third-order valence-electron chi connectivity index (χ3n) is 1.79. The van der Waals surface area contributed by atoms with Crippen molar-refractivity contribution in [3.63, 3.8) is 0 Å². The molecule has 1 rings (SSSR count). The first-order valence-corrected chi connectivity index (χ1v) is 5.00. The predicted molar refractivity (Wildman–Crippen MR) is 51.1 cm³/mol. The Labute approximate surface area is 88.7 Å². The van der Waals surface area contributed by atoms with Gasteiger partial charge < -0.3 is 0 Å². The number of halogens is 3. The Morgan fingerprint density at radius 2 is 2.29 bits per heavy atom. The lowest BCUT2D eigenvalue weighted by Gasteiger charge is -2.08. The van der Waals surface area contributed by atoms with Crippen LogP contribution in [-0.4, -0.2) is 4.98 Å². The number of nitriles is 1. The number of aromatic nitrogens is 1. The number of hydrogen-bond donors (Lipinski definition) is 0. The lowest BCUT2D eigenvalue weighted by molar-refractivity contribution is 0.145. The van der Waals surface area contributed by atoms with E-state index >= 15 is 0 Å². The summed E-state index contributed by atoms with van der Waals surface area (Å²) in [6.45, 7) is 0. The number of rotatable bonds is 3. The topological polar surface area (TPSA) is 36.7 Å². The molecule has 0 saturated heterocycles. The quantitative estimate of drug-likeness (QED) is 0.784. The van der Waals surface area contributed by atoms with Gasteiger partial charge in [-0.3, -0.25) is 4.98 Å². The van der Waals surface area contributed by atoms with Crippen LogP contribution in [0.1, 0.15) is 23.2 Å². The van der Waals surface area contributed by atoms with Crippen LogP contribution in [0.5, 0.6) is 0 Å². The maximum absolute atomic E-state index is 12.5. The fourth-order valence-electron chi connectivity index (χ4n) is 1.15. The van der Waals surface area contributed by atoms with Crippen LogP contribution in [0.15, 0.2) is 12.3 Å². The van der Waals surface area contributed by atoms with Gasteiger partial charge in [0.05, 0.1) is 12.5 Å². The third-order valence-corrected chi connectivity index (χ3v) is 2.40. The summed E-state index contributed by atoms with van der Waals surface area (Å²) in [5.74, 6) is 0. The highest BCUT2D eigenvalue weighted by atomic mass is 79.9. The number of alkyl halides is 3. The summed E-state index contributed by atoms with van der Waals surface area (Å²) in [6.07, 6.45) is -1.33. The average molecular weight is 261 g/mol. The molecule has 0 saturated carbocycles. The molecule has 0 spiro atoms. The zero-order chi connectivity index (χ0) is 10.6. The molecule has 0 atom stereocenters. The third kappa shape index (κ3) is 2.26. The zero-order valence-corrected chi connectivity index (χ0v) is 8.76. The Kier molecular flexibility index (Phi) is 3.96. The van der Waals surface area contributed by atoms with Crippen molar-refractivity contribution in [1.82, 2.24) is 4.98 Å². The summed E-state index contributed by atoms with van der Waals surface area (Å²) in [5.41, 5.74) is 0.738. The highest BCUT2D eigenvalue weighted by molar-refractivity contribution is 9.08. The Morgan fingerprint density at radius 1 is 1.57 bits per heavy atom. The normalized spacial score (nSPS) is 10.2. The van der Waals surface area contributed by atoms with Crippen LogP contribution in [0.3, 0.4) is 0 Å². The molecule has 0 fully saturated rings. The highest BCUT2D eigenvalue weighted by Crippen LogP contribution is 2.24. The van der Waals surface area contributed by atoms with Crippen LogP contribution in [0, 0.1) is 11.3 Å². The van der Waals surface area contributed by atoms with Gasteiger partial charge in [0.1, 0.15) is 5.69 Å². The van der Waals surface area contributed by atoms with Crippen molar-refractivity contribution < 1.29 is 8.78 Å². The number of pyridine rings is 1. The summed E-state index contributed by atoms with van der Waals surface area (Å²) in [7, 11) is 0. The van der Waals surface area contributed by atoms with Gasteiger partial charge in [-0.25, -0.2) is 8.78 Å². The Bertz CT molecular complexity index is 360.